The molecule has 21 heavy (non-hydrogen) atoms. The SMILES string of the molecule is CCCn1c(=O)oc2cc(C(N)C(C)S(C)(=O)=O)ccc21. The second-order valence-corrected chi connectivity index (χ2v) is 7.71. The first-order chi connectivity index (χ1) is 9.75. The van der Waals surface area contributed by atoms with Gasteiger partial charge in [0, 0.05) is 18.8 Å². The molecule has 2 aromatic rings. The normalized spacial score (nSPS) is 15.2. The van der Waals surface area contributed by atoms with Crippen molar-refractivity contribution < 1.29 is 12.8 Å². The first-order valence-electron chi connectivity index (χ1n) is 6.83. The van der Waals surface area contributed by atoms with Crippen LogP contribution in [-0.2, 0) is 16.4 Å². The number of fused-ring (bicyclic) bond motifs is 1. The fourth-order valence-corrected chi connectivity index (χ4v) is 2.95. The number of aromatic nitrogens is 1. The summed E-state index contributed by atoms with van der Waals surface area (Å²) in [5.74, 6) is -0.409. The van der Waals surface area contributed by atoms with Crippen LogP contribution in [0.5, 0.6) is 0 Å². The largest absolute Gasteiger partial charge is 0.419 e. The van der Waals surface area contributed by atoms with Crippen LogP contribution in [0.25, 0.3) is 11.1 Å². The summed E-state index contributed by atoms with van der Waals surface area (Å²) in [6.07, 6.45) is 1.98. The molecule has 0 bridgehead atoms. The number of hydrogen-bond donors (Lipinski definition) is 1. The van der Waals surface area contributed by atoms with E-state index in [2.05, 4.69) is 0 Å². The van der Waals surface area contributed by atoms with Gasteiger partial charge in [-0.05, 0) is 31.0 Å². The lowest BCUT2D eigenvalue weighted by atomic mass is 10.0. The lowest BCUT2D eigenvalue weighted by Crippen LogP contribution is -2.30. The molecule has 1 aromatic heterocycles. The standard InChI is InChI=1S/C14H20N2O4S/c1-4-7-16-11-6-5-10(8-12(11)20-14(16)17)13(15)9(2)21(3,18)19/h5-6,8-9,13H,4,7,15H2,1-3H3. The minimum Gasteiger partial charge on any atom is -0.408 e. The molecule has 2 atom stereocenters. The molecule has 2 N–H and O–H groups in total. The van der Waals surface area contributed by atoms with E-state index in [4.69, 9.17) is 10.2 Å². The van der Waals surface area contributed by atoms with E-state index < -0.39 is 26.9 Å². The van der Waals surface area contributed by atoms with Crippen molar-refractivity contribution in [1.29, 1.82) is 0 Å². The Morgan fingerprint density at radius 1 is 1.38 bits per heavy atom. The Morgan fingerprint density at radius 3 is 2.62 bits per heavy atom. The summed E-state index contributed by atoms with van der Waals surface area (Å²) in [5, 5.41) is -0.709. The zero-order valence-corrected chi connectivity index (χ0v) is 13.2. The molecule has 0 spiro atoms. The molecule has 0 aliphatic heterocycles. The highest BCUT2D eigenvalue weighted by Gasteiger charge is 2.24. The molecule has 1 aromatic carbocycles. The smallest absolute Gasteiger partial charge is 0.408 e. The number of benzene rings is 1. The summed E-state index contributed by atoms with van der Waals surface area (Å²) in [5.41, 5.74) is 7.78. The Bertz CT molecular complexity index is 804. The average Bonchev–Trinajstić information content (AvgIpc) is 2.72. The highest BCUT2D eigenvalue weighted by atomic mass is 32.2. The Labute approximate surface area is 123 Å². The van der Waals surface area contributed by atoms with E-state index in [1.54, 1.807) is 29.7 Å². The minimum atomic E-state index is -3.24. The van der Waals surface area contributed by atoms with Crippen molar-refractivity contribution >= 4 is 20.9 Å². The predicted octanol–water partition coefficient (Wildman–Crippen LogP) is 1.44. The molecule has 0 radical (unpaired) electrons. The second-order valence-electron chi connectivity index (χ2n) is 5.31. The molecular weight excluding hydrogens is 292 g/mol. The van der Waals surface area contributed by atoms with Gasteiger partial charge in [-0.2, -0.15) is 0 Å². The number of rotatable bonds is 5. The van der Waals surface area contributed by atoms with Crippen molar-refractivity contribution in [2.75, 3.05) is 6.26 Å². The molecule has 0 aliphatic carbocycles. The third-order valence-electron chi connectivity index (χ3n) is 3.71. The Balaban J connectivity index is 2.47. The lowest BCUT2D eigenvalue weighted by molar-refractivity contribution is 0.502. The van der Waals surface area contributed by atoms with Gasteiger partial charge in [0.2, 0.25) is 0 Å². The van der Waals surface area contributed by atoms with E-state index in [-0.39, 0.29) is 0 Å². The van der Waals surface area contributed by atoms with Gasteiger partial charge >= 0.3 is 5.76 Å². The van der Waals surface area contributed by atoms with Crippen molar-refractivity contribution in [2.24, 2.45) is 5.73 Å². The van der Waals surface area contributed by atoms with Gasteiger partial charge in [0.15, 0.2) is 15.4 Å². The molecule has 2 unspecified atom stereocenters. The van der Waals surface area contributed by atoms with E-state index >= 15 is 0 Å². The number of oxazole rings is 1. The highest BCUT2D eigenvalue weighted by molar-refractivity contribution is 7.91. The molecule has 1 heterocycles. The second kappa shape index (κ2) is 5.65. The maximum Gasteiger partial charge on any atom is 0.419 e. The molecule has 0 amide bonds. The molecule has 0 fully saturated rings. The fraction of sp³-hybridized carbons (Fsp3) is 0.500. The Hall–Kier alpha value is -1.60. The van der Waals surface area contributed by atoms with Gasteiger partial charge in [-0.15, -0.1) is 0 Å². The van der Waals surface area contributed by atoms with E-state index in [0.29, 0.717) is 23.2 Å². The Morgan fingerprint density at radius 2 is 2.05 bits per heavy atom. The summed E-state index contributed by atoms with van der Waals surface area (Å²) in [4.78, 5) is 11.8. The van der Waals surface area contributed by atoms with Gasteiger partial charge in [-0.25, -0.2) is 13.2 Å². The van der Waals surface area contributed by atoms with Crippen LogP contribution in [0, 0.1) is 0 Å². The fourth-order valence-electron chi connectivity index (χ4n) is 2.26. The zero-order valence-electron chi connectivity index (χ0n) is 12.4. The number of nitrogens with zero attached hydrogens (tertiary/aromatic N) is 1. The summed E-state index contributed by atoms with van der Waals surface area (Å²) in [7, 11) is -3.24. The summed E-state index contributed by atoms with van der Waals surface area (Å²) >= 11 is 0. The molecule has 0 saturated heterocycles. The van der Waals surface area contributed by atoms with Crippen molar-refractivity contribution in [3.8, 4) is 0 Å². The molecule has 0 aliphatic rings. The maximum atomic E-state index is 11.8. The van der Waals surface area contributed by atoms with Crippen LogP contribution in [0.2, 0.25) is 0 Å². The third kappa shape index (κ3) is 3.03. The molecule has 6 nitrogen and oxygen atoms in total. The van der Waals surface area contributed by atoms with Crippen molar-refractivity contribution in [1.82, 2.24) is 4.57 Å². The van der Waals surface area contributed by atoms with Crippen LogP contribution in [0.3, 0.4) is 0 Å². The van der Waals surface area contributed by atoms with Crippen LogP contribution in [0.1, 0.15) is 31.9 Å². The van der Waals surface area contributed by atoms with Crippen LogP contribution in [-0.4, -0.2) is 24.5 Å². The van der Waals surface area contributed by atoms with Crippen LogP contribution in [0.15, 0.2) is 27.4 Å². The van der Waals surface area contributed by atoms with E-state index in [0.717, 1.165) is 12.7 Å². The lowest BCUT2D eigenvalue weighted by Gasteiger charge is -2.18. The van der Waals surface area contributed by atoms with E-state index in [1.807, 2.05) is 6.92 Å². The summed E-state index contributed by atoms with van der Waals surface area (Å²) in [6, 6.07) is 4.48. The molecular formula is C14H20N2O4S. The zero-order chi connectivity index (χ0) is 15.8. The predicted molar refractivity (Wildman–Crippen MR) is 82.0 cm³/mol. The van der Waals surface area contributed by atoms with E-state index in [9.17, 15) is 13.2 Å². The quantitative estimate of drug-likeness (QED) is 0.901. The number of aryl methyl sites for hydroxylation is 1. The van der Waals surface area contributed by atoms with Gasteiger partial charge in [0.05, 0.1) is 10.8 Å². The van der Waals surface area contributed by atoms with Gasteiger partial charge < -0.3 is 10.2 Å². The van der Waals surface area contributed by atoms with Crippen molar-refractivity contribution in [2.45, 2.75) is 38.1 Å². The first-order valence-corrected chi connectivity index (χ1v) is 8.79. The average molecular weight is 312 g/mol. The van der Waals surface area contributed by atoms with Gasteiger partial charge in [0.1, 0.15) is 0 Å². The van der Waals surface area contributed by atoms with Gasteiger partial charge in [0.25, 0.3) is 0 Å². The third-order valence-corrected chi connectivity index (χ3v) is 5.35. The minimum absolute atomic E-state index is 0.409. The molecule has 2 rings (SSSR count). The topological polar surface area (TPSA) is 95.3 Å². The molecule has 0 saturated carbocycles. The number of nitrogens with two attached hydrogens (primary N) is 1. The summed E-state index contributed by atoms with van der Waals surface area (Å²) < 4.78 is 30.0. The monoisotopic (exact) mass is 312 g/mol. The highest BCUT2D eigenvalue weighted by Crippen LogP contribution is 2.23. The van der Waals surface area contributed by atoms with Crippen molar-refractivity contribution in [3.63, 3.8) is 0 Å². The van der Waals surface area contributed by atoms with Crippen LogP contribution in [0.4, 0.5) is 0 Å². The maximum absolute atomic E-state index is 11.8. The summed E-state index contributed by atoms with van der Waals surface area (Å²) in [6.45, 7) is 4.13. The van der Waals surface area contributed by atoms with Crippen LogP contribution < -0.4 is 11.5 Å². The van der Waals surface area contributed by atoms with E-state index in [1.165, 1.54) is 0 Å². The Kier molecular flexibility index (Phi) is 4.25. The first kappa shape index (κ1) is 15.8. The van der Waals surface area contributed by atoms with Gasteiger partial charge in [-0.1, -0.05) is 13.0 Å². The van der Waals surface area contributed by atoms with Gasteiger partial charge in [-0.3, -0.25) is 4.57 Å². The molecule has 116 valence electrons. The number of sulfone groups is 1. The van der Waals surface area contributed by atoms with Crippen LogP contribution >= 0.6 is 0 Å². The molecule has 7 heteroatoms. The van der Waals surface area contributed by atoms with Crippen molar-refractivity contribution in [3.05, 3.63) is 34.3 Å². The number of hydrogen-bond acceptors (Lipinski definition) is 5.